The van der Waals surface area contributed by atoms with E-state index in [4.69, 9.17) is 0 Å². The van der Waals surface area contributed by atoms with Crippen molar-refractivity contribution in [3.63, 3.8) is 0 Å². The Morgan fingerprint density at radius 2 is 1.63 bits per heavy atom. The maximum absolute atomic E-state index is 13.1. The van der Waals surface area contributed by atoms with Crippen molar-refractivity contribution < 1.29 is 14.4 Å². The van der Waals surface area contributed by atoms with Crippen LogP contribution in [0.2, 0.25) is 0 Å². The van der Waals surface area contributed by atoms with E-state index in [1.165, 1.54) is 9.91 Å². The number of hydrogen-bond donors (Lipinski definition) is 1. The first-order valence-corrected chi connectivity index (χ1v) is 10.2. The molecular formula is C22H23N5O3. The average Bonchev–Trinajstić information content (AvgIpc) is 3.21. The minimum atomic E-state index is -0.695. The lowest BCUT2D eigenvalue weighted by atomic mass is 10.0. The molecule has 3 aliphatic rings. The number of carbonyl (C=O) groups is 3. The molecule has 0 aromatic heterocycles. The molecule has 1 atom stereocenters. The maximum atomic E-state index is 13.1. The maximum Gasteiger partial charge on any atom is 0.326 e. The fourth-order valence-corrected chi connectivity index (χ4v) is 4.44. The summed E-state index contributed by atoms with van der Waals surface area (Å²) in [4.78, 5) is 43.7. The number of amides is 3. The predicted molar refractivity (Wildman–Crippen MR) is 111 cm³/mol. The van der Waals surface area contributed by atoms with Gasteiger partial charge in [-0.2, -0.15) is 5.43 Å². The van der Waals surface area contributed by atoms with Crippen LogP contribution in [0.4, 0.5) is 11.4 Å². The van der Waals surface area contributed by atoms with Gasteiger partial charge in [-0.15, -0.1) is 0 Å². The molecule has 30 heavy (non-hydrogen) atoms. The molecule has 154 valence electrons. The van der Waals surface area contributed by atoms with Crippen LogP contribution in [-0.4, -0.2) is 60.1 Å². The van der Waals surface area contributed by atoms with Crippen molar-refractivity contribution in [3.05, 3.63) is 60.2 Å². The molecule has 8 heteroatoms. The molecule has 1 N–H and O–H groups in total. The third-order valence-electron chi connectivity index (χ3n) is 5.93. The molecule has 5 rings (SSSR count). The molecule has 2 aromatic rings. The van der Waals surface area contributed by atoms with E-state index in [0.29, 0.717) is 19.6 Å². The fraction of sp³-hybridized carbons (Fsp3) is 0.318. The van der Waals surface area contributed by atoms with Crippen LogP contribution in [0.1, 0.15) is 12.0 Å². The second-order valence-electron chi connectivity index (χ2n) is 7.70. The smallest absolute Gasteiger partial charge is 0.326 e. The van der Waals surface area contributed by atoms with Crippen LogP contribution in [0.5, 0.6) is 0 Å². The Labute approximate surface area is 174 Å². The number of hydrazine groups is 1. The van der Waals surface area contributed by atoms with Crippen molar-refractivity contribution in [1.82, 2.24) is 15.3 Å². The van der Waals surface area contributed by atoms with Gasteiger partial charge in [-0.3, -0.25) is 24.3 Å². The lowest BCUT2D eigenvalue weighted by Gasteiger charge is -2.41. The molecule has 1 unspecified atom stereocenters. The van der Waals surface area contributed by atoms with E-state index in [9.17, 15) is 14.4 Å². The van der Waals surface area contributed by atoms with Gasteiger partial charge in [0.1, 0.15) is 6.54 Å². The van der Waals surface area contributed by atoms with E-state index in [1.54, 1.807) is 4.90 Å². The van der Waals surface area contributed by atoms with Crippen molar-refractivity contribution >= 4 is 29.1 Å². The van der Waals surface area contributed by atoms with Crippen LogP contribution in [0.15, 0.2) is 54.6 Å². The number of carbonyl (C=O) groups excluding carboxylic acids is 3. The first-order chi connectivity index (χ1) is 14.6. The summed E-state index contributed by atoms with van der Waals surface area (Å²) in [5.74, 6) is -1.47. The summed E-state index contributed by atoms with van der Waals surface area (Å²) in [6.07, 6.45) is 1.32. The number of para-hydroxylation sites is 2. The molecule has 2 saturated heterocycles. The Morgan fingerprint density at radius 1 is 0.900 bits per heavy atom. The van der Waals surface area contributed by atoms with Crippen molar-refractivity contribution in [1.29, 1.82) is 0 Å². The van der Waals surface area contributed by atoms with Gasteiger partial charge < -0.3 is 9.80 Å². The Morgan fingerprint density at radius 3 is 2.47 bits per heavy atom. The third-order valence-corrected chi connectivity index (χ3v) is 5.93. The minimum Gasteiger partial charge on any atom is -0.336 e. The zero-order chi connectivity index (χ0) is 20.7. The summed E-state index contributed by atoms with van der Waals surface area (Å²) in [5.41, 5.74) is 6.08. The van der Waals surface area contributed by atoms with Crippen LogP contribution >= 0.6 is 0 Å². The van der Waals surface area contributed by atoms with E-state index in [0.717, 1.165) is 29.8 Å². The molecule has 2 aromatic carbocycles. The lowest BCUT2D eigenvalue weighted by molar-refractivity contribution is -0.163. The SMILES string of the molecule is O=C1C(=O)N2CCN(c3ccccc3)C2NN1CC(=O)N1CCCc2ccccc21. The summed E-state index contributed by atoms with van der Waals surface area (Å²) >= 11 is 0. The van der Waals surface area contributed by atoms with Crippen LogP contribution in [0, 0.1) is 0 Å². The number of nitrogens with zero attached hydrogens (tertiary/aromatic N) is 4. The summed E-state index contributed by atoms with van der Waals surface area (Å²) in [6.45, 7) is 1.49. The first-order valence-electron chi connectivity index (χ1n) is 10.2. The number of nitrogens with one attached hydrogen (secondary N) is 1. The molecule has 3 amide bonds. The van der Waals surface area contributed by atoms with Gasteiger partial charge in [0, 0.05) is 31.0 Å². The molecule has 3 aliphatic heterocycles. The van der Waals surface area contributed by atoms with E-state index in [-0.39, 0.29) is 12.5 Å². The molecule has 2 fully saturated rings. The number of rotatable bonds is 3. The van der Waals surface area contributed by atoms with Gasteiger partial charge >= 0.3 is 11.8 Å². The van der Waals surface area contributed by atoms with Crippen molar-refractivity contribution in [2.75, 3.05) is 36.0 Å². The van der Waals surface area contributed by atoms with Crippen LogP contribution in [0.25, 0.3) is 0 Å². The van der Waals surface area contributed by atoms with Crippen molar-refractivity contribution in [2.45, 2.75) is 19.1 Å². The van der Waals surface area contributed by atoms with Gasteiger partial charge in [0.2, 0.25) is 5.91 Å². The van der Waals surface area contributed by atoms with E-state index >= 15 is 0 Å². The van der Waals surface area contributed by atoms with Crippen molar-refractivity contribution in [2.24, 2.45) is 0 Å². The van der Waals surface area contributed by atoms with Crippen LogP contribution in [-0.2, 0) is 20.8 Å². The van der Waals surface area contributed by atoms with Gasteiger partial charge in [-0.05, 0) is 36.6 Å². The average molecular weight is 405 g/mol. The van der Waals surface area contributed by atoms with Gasteiger partial charge in [0.15, 0.2) is 6.29 Å². The number of fused-ring (bicyclic) bond motifs is 2. The Hall–Kier alpha value is -3.39. The molecule has 0 aliphatic carbocycles. The minimum absolute atomic E-state index is 0.189. The molecule has 0 saturated carbocycles. The van der Waals surface area contributed by atoms with Crippen LogP contribution < -0.4 is 15.2 Å². The van der Waals surface area contributed by atoms with Gasteiger partial charge in [0.05, 0.1) is 0 Å². The van der Waals surface area contributed by atoms with E-state index in [1.807, 2.05) is 59.5 Å². The topological polar surface area (TPSA) is 76.2 Å². The lowest BCUT2D eigenvalue weighted by Crippen LogP contribution is -2.68. The molecule has 8 nitrogen and oxygen atoms in total. The summed E-state index contributed by atoms with van der Waals surface area (Å²) in [5, 5.41) is 1.17. The van der Waals surface area contributed by atoms with Gasteiger partial charge in [0.25, 0.3) is 0 Å². The van der Waals surface area contributed by atoms with E-state index in [2.05, 4.69) is 5.43 Å². The third kappa shape index (κ3) is 3.09. The fourth-order valence-electron chi connectivity index (χ4n) is 4.44. The largest absolute Gasteiger partial charge is 0.336 e. The Bertz CT molecular complexity index is 995. The highest BCUT2D eigenvalue weighted by Crippen LogP contribution is 2.28. The quantitative estimate of drug-likeness (QED) is 0.770. The number of hydrogen-bond acceptors (Lipinski definition) is 5. The monoisotopic (exact) mass is 405 g/mol. The molecule has 0 spiro atoms. The molecule has 0 bridgehead atoms. The highest BCUT2D eigenvalue weighted by Gasteiger charge is 2.46. The first kappa shape index (κ1) is 18.6. The normalized spacial score (nSPS) is 21.0. The van der Waals surface area contributed by atoms with E-state index < -0.39 is 18.1 Å². The second kappa shape index (κ2) is 7.46. The van der Waals surface area contributed by atoms with Crippen molar-refractivity contribution in [3.8, 4) is 0 Å². The standard InChI is InChI=1S/C22H23N5O3/c28-19(25-12-6-8-16-7-4-5-11-18(16)25)15-27-21(30)20(29)26-14-13-24(22(26)23-27)17-9-2-1-3-10-17/h1-5,7,9-11,22-23H,6,8,12-15H2. The molecule has 3 heterocycles. The Kier molecular flexibility index (Phi) is 4.63. The number of benzene rings is 2. The zero-order valence-electron chi connectivity index (χ0n) is 16.5. The number of anilines is 2. The van der Waals surface area contributed by atoms with Crippen LogP contribution in [0.3, 0.4) is 0 Å². The second-order valence-corrected chi connectivity index (χ2v) is 7.70. The van der Waals surface area contributed by atoms with Gasteiger partial charge in [-0.25, -0.2) is 0 Å². The molecular weight excluding hydrogens is 382 g/mol. The highest BCUT2D eigenvalue weighted by molar-refractivity contribution is 6.35. The zero-order valence-corrected chi connectivity index (χ0v) is 16.5. The predicted octanol–water partition coefficient (Wildman–Crippen LogP) is 0.945. The summed E-state index contributed by atoms with van der Waals surface area (Å²) in [7, 11) is 0. The van der Waals surface area contributed by atoms with Gasteiger partial charge in [-0.1, -0.05) is 36.4 Å². The summed E-state index contributed by atoms with van der Waals surface area (Å²) < 4.78 is 0. The highest BCUT2D eigenvalue weighted by atomic mass is 16.2. The number of aryl methyl sites for hydroxylation is 1. The Balaban J connectivity index is 1.36. The summed E-state index contributed by atoms with van der Waals surface area (Å²) in [6, 6.07) is 17.6. The molecule has 0 radical (unpaired) electrons.